The van der Waals surface area contributed by atoms with E-state index in [2.05, 4.69) is 25.0 Å². The minimum absolute atomic E-state index is 0.0954. The first-order chi connectivity index (χ1) is 16.2. The third-order valence-electron chi connectivity index (χ3n) is 5.30. The Labute approximate surface area is 207 Å². The summed E-state index contributed by atoms with van der Waals surface area (Å²) in [6, 6.07) is 4.57. The minimum Gasteiger partial charge on any atom is -0.492 e. The molecule has 0 aromatic carbocycles. The van der Waals surface area contributed by atoms with Crippen LogP contribution in [0.15, 0.2) is 34.5 Å². The number of aliphatic imine (C=N–C) groups is 1. The zero-order valence-electron chi connectivity index (χ0n) is 19.4. The van der Waals surface area contributed by atoms with Crippen LogP contribution >= 0.6 is 23.1 Å². The molecular formula is C22H28ClN7O3S. The van der Waals surface area contributed by atoms with Gasteiger partial charge < -0.3 is 20.8 Å². The fourth-order valence-electron chi connectivity index (χ4n) is 3.60. The molecule has 3 heterocycles. The number of nitrogens with zero attached hydrogens (tertiary/aromatic N) is 4. The molecule has 0 bridgehead atoms. The highest BCUT2D eigenvalue weighted by atomic mass is 35.5. The van der Waals surface area contributed by atoms with Gasteiger partial charge in [-0.15, -0.1) is 0 Å². The lowest BCUT2D eigenvalue weighted by molar-refractivity contribution is 0.0798. The number of alkyl halides is 1. The van der Waals surface area contributed by atoms with Gasteiger partial charge in [0.1, 0.15) is 33.4 Å². The molecule has 1 aliphatic heterocycles. The molecule has 0 aliphatic carbocycles. The third kappa shape index (κ3) is 5.37. The Bertz CT molecular complexity index is 1150. The van der Waals surface area contributed by atoms with Crippen molar-refractivity contribution in [2.45, 2.75) is 45.7 Å². The van der Waals surface area contributed by atoms with Crippen molar-refractivity contribution in [3.8, 4) is 5.88 Å². The topological polar surface area (TPSA) is 147 Å². The fourth-order valence-corrected chi connectivity index (χ4v) is 4.70. The SMILES string of the molecule is CC/N=C(/C)C1=C(C)N(C(=O)c2cccc(Nc3snc(O)c3C(=N)NC(C)CO)n2)C(Cl)C1. The lowest BCUT2D eigenvalue weighted by atomic mass is 10.1. The predicted octanol–water partition coefficient (Wildman–Crippen LogP) is 3.45. The average Bonchev–Trinajstić information content (AvgIpc) is 3.31. The van der Waals surface area contributed by atoms with Gasteiger partial charge in [0.25, 0.3) is 5.91 Å². The highest BCUT2D eigenvalue weighted by Crippen LogP contribution is 2.34. The fraction of sp³-hybridized carbons (Fsp3) is 0.409. The maximum Gasteiger partial charge on any atom is 0.277 e. The number of halogens is 1. The van der Waals surface area contributed by atoms with Gasteiger partial charge in [-0.25, -0.2) is 4.98 Å². The van der Waals surface area contributed by atoms with E-state index in [-0.39, 0.29) is 41.5 Å². The molecule has 10 nitrogen and oxygen atoms in total. The van der Waals surface area contributed by atoms with Crippen LogP contribution < -0.4 is 10.6 Å². The first kappa shape index (κ1) is 25.6. The van der Waals surface area contributed by atoms with Crippen LogP contribution in [0.25, 0.3) is 0 Å². The minimum atomic E-state index is -0.534. The van der Waals surface area contributed by atoms with E-state index in [4.69, 9.17) is 17.0 Å². The van der Waals surface area contributed by atoms with Crippen LogP contribution in [-0.2, 0) is 0 Å². The Balaban J connectivity index is 1.85. The number of anilines is 2. The lowest BCUT2D eigenvalue weighted by Crippen LogP contribution is -2.35. The van der Waals surface area contributed by atoms with Gasteiger partial charge in [-0.2, -0.15) is 4.37 Å². The molecule has 0 radical (unpaired) electrons. The zero-order valence-corrected chi connectivity index (χ0v) is 21.0. The number of nitrogens with one attached hydrogen (secondary N) is 3. The summed E-state index contributed by atoms with van der Waals surface area (Å²) in [5.41, 5.74) is 2.39. The van der Waals surface area contributed by atoms with E-state index in [1.807, 2.05) is 20.8 Å². The monoisotopic (exact) mass is 505 g/mol. The summed E-state index contributed by atoms with van der Waals surface area (Å²) in [6.07, 6.45) is 0.511. The Hall–Kier alpha value is -3.02. The van der Waals surface area contributed by atoms with E-state index < -0.39 is 5.50 Å². The molecule has 1 aliphatic rings. The molecule has 2 aromatic rings. The van der Waals surface area contributed by atoms with Crippen molar-refractivity contribution >= 4 is 51.4 Å². The highest BCUT2D eigenvalue weighted by Gasteiger charge is 2.34. The Morgan fingerprint density at radius 3 is 2.88 bits per heavy atom. The summed E-state index contributed by atoms with van der Waals surface area (Å²) in [5.74, 6) is -0.405. The van der Waals surface area contributed by atoms with E-state index in [1.54, 1.807) is 25.1 Å². The quantitative estimate of drug-likeness (QED) is 0.160. The van der Waals surface area contributed by atoms with Crippen LogP contribution in [0.2, 0.25) is 0 Å². The smallest absolute Gasteiger partial charge is 0.277 e. The molecule has 34 heavy (non-hydrogen) atoms. The van der Waals surface area contributed by atoms with Crippen LogP contribution in [0.5, 0.6) is 5.88 Å². The number of amides is 1. The van der Waals surface area contributed by atoms with Crippen molar-refractivity contribution in [3.63, 3.8) is 0 Å². The van der Waals surface area contributed by atoms with Gasteiger partial charge >= 0.3 is 0 Å². The Morgan fingerprint density at radius 1 is 1.47 bits per heavy atom. The summed E-state index contributed by atoms with van der Waals surface area (Å²) >= 11 is 7.47. The second kappa shape index (κ2) is 10.9. The number of carbonyl (C=O) groups excluding carboxylic acids is 1. The highest BCUT2D eigenvalue weighted by molar-refractivity contribution is 7.11. The maximum absolute atomic E-state index is 13.3. The largest absolute Gasteiger partial charge is 0.492 e. The van der Waals surface area contributed by atoms with E-state index in [1.165, 1.54) is 4.90 Å². The Kier molecular flexibility index (Phi) is 8.24. The third-order valence-corrected chi connectivity index (χ3v) is 6.40. The molecule has 2 atom stereocenters. The Morgan fingerprint density at radius 2 is 2.21 bits per heavy atom. The van der Waals surface area contributed by atoms with Gasteiger partial charge in [-0.05, 0) is 56.9 Å². The number of hydrogen-bond acceptors (Lipinski definition) is 9. The summed E-state index contributed by atoms with van der Waals surface area (Å²) in [5, 5.41) is 33.7. The number of aliphatic hydroxyl groups excluding tert-OH is 1. The van der Waals surface area contributed by atoms with Crippen LogP contribution in [-0.4, -0.2) is 66.6 Å². The molecule has 0 spiro atoms. The molecule has 5 N–H and O–H groups in total. The number of pyridine rings is 1. The van der Waals surface area contributed by atoms with E-state index in [9.17, 15) is 15.0 Å². The molecule has 0 saturated carbocycles. The van der Waals surface area contributed by atoms with Crippen molar-refractivity contribution in [2.24, 2.45) is 4.99 Å². The summed E-state index contributed by atoms with van der Waals surface area (Å²) in [6.45, 7) is 7.90. The van der Waals surface area contributed by atoms with Crippen LogP contribution in [0.1, 0.15) is 50.2 Å². The number of rotatable bonds is 8. The van der Waals surface area contributed by atoms with Gasteiger partial charge in [0.05, 0.1) is 6.61 Å². The van der Waals surface area contributed by atoms with Gasteiger partial charge in [-0.1, -0.05) is 17.7 Å². The molecular weight excluding hydrogens is 478 g/mol. The van der Waals surface area contributed by atoms with Gasteiger partial charge in [0.15, 0.2) is 0 Å². The van der Waals surface area contributed by atoms with E-state index in [0.29, 0.717) is 23.8 Å². The van der Waals surface area contributed by atoms with Gasteiger partial charge in [0, 0.05) is 30.4 Å². The van der Waals surface area contributed by atoms with Crippen LogP contribution in [0.3, 0.4) is 0 Å². The summed E-state index contributed by atoms with van der Waals surface area (Å²) in [7, 11) is 0. The second-order valence-electron chi connectivity index (χ2n) is 7.78. The molecule has 12 heteroatoms. The predicted molar refractivity (Wildman–Crippen MR) is 135 cm³/mol. The standard InChI is InChI=1S/C22H28ClN7O3S/c1-5-25-12(3)14-9-16(23)30(13(14)4)22(33)15-7-6-8-17(27-15)28-21-18(20(32)29-34-21)19(24)26-11(2)10-31/h6-8,11,16,31H,5,9-10H2,1-4H3,(H2,24,26)(H,27,28)(H,29,32)/b25-12-. The number of aromatic nitrogens is 2. The van der Waals surface area contributed by atoms with E-state index >= 15 is 0 Å². The number of hydrogen-bond donors (Lipinski definition) is 5. The number of aliphatic hydroxyl groups is 1. The second-order valence-corrected chi connectivity index (χ2v) is 9.06. The van der Waals surface area contributed by atoms with Crippen molar-refractivity contribution in [3.05, 3.63) is 40.7 Å². The van der Waals surface area contributed by atoms with Crippen molar-refractivity contribution in [1.82, 2.24) is 19.6 Å². The zero-order chi connectivity index (χ0) is 25.0. The van der Waals surface area contributed by atoms with E-state index in [0.717, 1.165) is 28.5 Å². The van der Waals surface area contributed by atoms with Crippen LogP contribution in [0, 0.1) is 5.41 Å². The van der Waals surface area contributed by atoms with Crippen LogP contribution in [0.4, 0.5) is 10.8 Å². The maximum atomic E-state index is 13.3. The summed E-state index contributed by atoms with van der Waals surface area (Å²) in [4.78, 5) is 23.7. The number of allylic oxidation sites excluding steroid dienone is 1. The normalized spacial score (nSPS) is 17.2. The molecule has 3 rings (SSSR count). The molecule has 182 valence electrons. The van der Waals surface area contributed by atoms with Gasteiger partial charge in [-0.3, -0.25) is 20.1 Å². The van der Waals surface area contributed by atoms with Crippen molar-refractivity contribution < 1.29 is 15.0 Å². The summed E-state index contributed by atoms with van der Waals surface area (Å²) < 4.78 is 3.90. The van der Waals surface area contributed by atoms with Crippen molar-refractivity contribution in [2.75, 3.05) is 18.5 Å². The number of amidine groups is 1. The first-order valence-corrected chi connectivity index (χ1v) is 12.0. The molecule has 0 saturated heterocycles. The molecule has 2 unspecified atom stereocenters. The molecule has 2 aromatic heterocycles. The molecule has 0 fully saturated rings. The average molecular weight is 506 g/mol. The van der Waals surface area contributed by atoms with Gasteiger partial charge in [0.2, 0.25) is 5.88 Å². The van der Waals surface area contributed by atoms with Crippen molar-refractivity contribution in [1.29, 1.82) is 5.41 Å². The number of carbonyl (C=O) groups is 1. The first-order valence-electron chi connectivity index (χ1n) is 10.8. The lowest BCUT2D eigenvalue weighted by Gasteiger charge is -2.22. The molecule has 1 amide bonds. The number of aromatic hydroxyl groups is 1.